The van der Waals surface area contributed by atoms with Crippen LogP contribution in [0.25, 0.3) is 0 Å². The molecule has 24 heavy (non-hydrogen) atoms. The van der Waals surface area contributed by atoms with Crippen LogP contribution in [0.3, 0.4) is 0 Å². The summed E-state index contributed by atoms with van der Waals surface area (Å²) < 4.78 is 10.5. The standard InChI is InChI=1S/C19H32N2O3/c1-6-7-8-9-10-11-12-13-16-20-17(24-21-16)14-15(2)18(22)23-19(3,4)5/h2,6-14H2,1,3-5H3. The van der Waals surface area contributed by atoms with Crippen molar-refractivity contribution in [2.75, 3.05) is 0 Å². The zero-order chi connectivity index (χ0) is 18.0. The highest BCUT2D eigenvalue weighted by molar-refractivity contribution is 5.88. The summed E-state index contributed by atoms with van der Waals surface area (Å²) in [6, 6.07) is 0. The van der Waals surface area contributed by atoms with E-state index >= 15 is 0 Å². The van der Waals surface area contributed by atoms with Gasteiger partial charge in [-0.1, -0.05) is 57.2 Å². The lowest BCUT2D eigenvalue weighted by atomic mass is 10.1. The molecule has 1 aromatic heterocycles. The van der Waals surface area contributed by atoms with Crippen LogP contribution in [0.4, 0.5) is 0 Å². The molecule has 0 radical (unpaired) electrons. The number of rotatable bonds is 11. The monoisotopic (exact) mass is 336 g/mol. The summed E-state index contributed by atoms with van der Waals surface area (Å²) in [6.45, 7) is 11.5. The molecule has 136 valence electrons. The molecule has 0 bridgehead atoms. The molecule has 1 heterocycles. The fraction of sp³-hybridized carbons (Fsp3) is 0.737. The van der Waals surface area contributed by atoms with Gasteiger partial charge in [-0.25, -0.2) is 4.79 Å². The van der Waals surface area contributed by atoms with Crippen LogP contribution in [0.1, 0.15) is 84.4 Å². The van der Waals surface area contributed by atoms with Gasteiger partial charge in [-0.2, -0.15) is 4.98 Å². The predicted molar refractivity (Wildman–Crippen MR) is 94.7 cm³/mol. The SMILES string of the molecule is C=C(Cc1nc(CCCCCCCCC)no1)C(=O)OC(C)(C)C. The van der Waals surface area contributed by atoms with Crippen molar-refractivity contribution in [3.05, 3.63) is 23.9 Å². The van der Waals surface area contributed by atoms with E-state index in [1.807, 2.05) is 20.8 Å². The zero-order valence-electron chi connectivity index (χ0n) is 15.7. The molecule has 0 saturated carbocycles. The average Bonchev–Trinajstić information content (AvgIpc) is 2.92. The van der Waals surface area contributed by atoms with Crippen molar-refractivity contribution in [2.24, 2.45) is 0 Å². The quantitative estimate of drug-likeness (QED) is 0.330. The first-order valence-corrected chi connectivity index (χ1v) is 9.04. The fourth-order valence-corrected chi connectivity index (χ4v) is 2.31. The van der Waals surface area contributed by atoms with E-state index in [1.165, 1.54) is 38.5 Å². The van der Waals surface area contributed by atoms with Gasteiger partial charge in [0.25, 0.3) is 0 Å². The molecule has 0 N–H and O–H groups in total. The molecular weight excluding hydrogens is 304 g/mol. The maximum atomic E-state index is 11.9. The van der Waals surface area contributed by atoms with Gasteiger partial charge in [0.2, 0.25) is 5.89 Å². The van der Waals surface area contributed by atoms with Gasteiger partial charge in [0.15, 0.2) is 5.82 Å². The lowest BCUT2D eigenvalue weighted by molar-refractivity contribution is -0.150. The van der Waals surface area contributed by atoms with Gasteiger partial charge in [-0.15, -0.1) is 0 Å². The van der Waals surface area contributed by atoms with Crippen molar-refractivity contribution >= 4 is 5.97 Å². The number of nitrogens with zero attached hydrogens (tertiary/aromatic N) is 2. The molecule has 0 amide bonds. The Morgan fingerprint density at radius 1 is 1.12 bits per heavy atom. The Bertz CT molecular complexity index is 515. The Balaban J connectivity index is 2.28. The van der Waals surface area contributed by atoms with E-state index in [2.05, 4.69) is 23.6 Å². The van der Waals surface area contributed by atoms with Crippen LogP contribution in [0.2, 0.25) is 0 Å². The first-order valence-electron chi connectivity index (χ1n) is 9.04. The summed E-state index contributed by atoms with van der Waals surface area (Å²) in [6.07, 6.45) is 9.82. The normalized spacial score (nSPS) is 11.5. The smallest absolute Gasteiger partial charge is 0.334 e. The van der Waals surface area contributed by atoms with Gasteiger partial charge in [0.05, 0.1) is 6.42 Å². The van der Waals surface area contributed by atoms with Gasteiger partial charge < -0.3 is 9.26 Å². The van der Waals surface area contributed by atoms with Crippen LogP contribution < -0.4 is 0 Å². The van der Waals surface area contributed by atoms with Crippen molar-refractivity contribution in [1.29, 1.82) is 0 Å². The molecule has 0 aliphatic rings. The Morgan fingerprint density at radius 3 is 2.38 bits per heavy atom. The van der Waals surface area contributed by atoms with E-state index in [-0.39, 0.29) is 6.42 Å². The Labute approximate surface area is 145 Å². The van der Waals surface area contributed by atoms with E-state index in [1.54, 1.807) is 0 Å². The van der Waals surface area contributed by atoms with Gasteiger partial charge >= 0.3 is 5.97 Å². The van der Waals surface area contributed by atoms with Crippen molar-refractivity contribution in [1.82, 2.24) is 10.1 Å². The fourth-order valence-electron chi connectivity index (χ4n) is 2.31. The molecule has 1 rings (SSSR count). The lowest BCUT2D eigenvalue weighted by Crippen LogP contribution is -2.25. The molecule has 0 atom stereocenters. The molecule has 0 aliphatic carbocycles. The first kappa shape index (κ1) is 20.4. The number of unbranched alkanes of at least 4 members (excludes halogenated alkanes) is 6. The number of aryl methyl sites for hydroxylation is 1. The van der Waals surface area contributed by atoms with Gasteiger partial charge in [-0.05, 0) is 27.2 Å². The third-order valence-corrected chi connectivity index (χ3v) is 3.57. The molecule has 5 nitrogen and oxygen atoms in total. The molecule has 5 heteroatoms. The van der Waals surface area contributed by atoms with Crippen LogP contribution in [0, 0.1) is 0 Å². The van der Waals surface area contributed by atoms with Crippen LogP contribution in [-0.4, -0.2) is 21.7 Å². The summed E-state index contributed by atoms with van der Waals surface area (Å²) in [5.41, 5.74) is -0.201. The van der Waals surface area contributed by atoms with E-state index in [4.69, 9.17) is 9.26 Å². The van der Waals surface area contributed by atoms with Crippen LogP contribution in [0.15, 0.2) is 16.7 Å². The summed E-state index contributed by atoms with van der Waals surface area (Å²) >= 11 is 0. The third kappa shape index (κ3) is 8.85. The zero-order valence-corrected chi connectivity index (χ0v) is 15.7. The topological polar surface area (TPSA) is 65.2 Å². The molecule has 1 aromatic rings. The number of esters is 1. The largest absolute Gasteiger partial charge is 0.457 e. The molecule has 0 unspecified atom stereocenters. The number of carbonyl (C=O) groups excluding carboxylic acids is 1. The van der Waals surface area contributed by atoms with Gasteiger partial charge in [-0.3, -0.25) is 0 Å². The van der Waals surface area contributed by atoms with E-state index < -0.39 is 11.6 Å². The predicted octanol–water partition coefficient (Wildman–Crippen LogP) is 4.80. The molecule has 0 aliphatic heterocycles. The molecular formula is C19H32N2O3. The number of carbonyl (C=O) groups is 1. The summed E-state index contributed by atoms with van der Waals surface area (Å²) in [5, 5.41) is 3.97. The number of ether oxygens (including phenoxy) is 1. The highest BCUT2D eigenvalue weighted by atomic mass is 16.6. The molecule has 0 aromatic carbocycles. The van der Waals surface area contributed by atoms with E-state index in [0.717, 1.165) is 12.8 Å². The summed E-state index contributed by atoms with van der Waals surface area (Å²) in [4.78, 5) is 16.2. The highest BCUT2D eigenvalue weighted by Gasteiger charge is 2.20. The molecule has 0 spiro atoms. The molecule has 0 saturated heterocycles. The van der Waals surface area contributed by atoms with Gasteiger partial charge in [0, 0.05) is 12.0 Å². The van der Waals surface area contributed by atoms with Crippen LogP contribution >= 0.6 is 0 Å². The Hall–Kier alpha value is -1.65. The van der Waals surface area contributed by atoms with E-state index in [9.17, 15) is 4.79 Å². The average molecular weight is 336 g/mol. The maximum absolute atomic E-state index is 11.9. The summed E-state index contributed by atoms with van der Waals surface area (Å²) in [7, 11) is 0. The van der Waals surface area contributed by atoms with Crippen molar-refractivity contribution in [3.8, 4) is 0 Å². The van der Waals surface area contributed by atoms with Crippen molar-refractivity contribution in [3.63, 3.8) is 0 Å². The summed E-state index contributed by atoms with van der Waals surface area (Å²) in [5.74, 6) is 0.702. The van der Waals surface area contributed by atoms with Gasteiger partial charge in [0.1, 0.15) is 5.60 Å². The maximum Gasteiger partial charge on any atom is 0.334 e. The Kier molecular flexibility index (Phi) is 8.72. The van der Waals surface area contributed by atoms with Crippen LogP contribution in [-0.2, 0) is 22.4 Å². The Morgan fingerprint density at radius 2 is 1.75 bits per heavy atom. The molecule has 0 fully saturated rings. The highest BCUT2D eigenvalue weighted by Crippen LogP contribution is 2.14. The minimum Gasteiger partial charge on any atom is -0.457 e. The minimum absolute atomic E-state index is 0.235. The van der Waals surface area contributed by atoms with E-state index in [0.29, 0.717) is 17.3 Å². The number of hydrogen-bond acceptors (Lipinski definition) is 5. The number of aromatic nitrogens is 2. The minimum atomic E-state index is -0.531. The second-order valence-electron chi connectivity index (χ2n) is 7.26. The van der Waals surface area contributed by atoms with Crippen LogP contribution in [0.5, 0.6) is 0 Å². The van der Waals surface area contributed by atoms with Crippen molar-refractivity contribution < 1.29 is 14.1 Å². The number of hydrogen-bond donors (Lipinski definition) is 0. The second kappa shape index (κ2) is 10.3. The van der Waals surface area contributed by atoms with Crippen molar-refractivity contribution in [2.45, 2.75) is 91.1 Å². The lowest BCUT2D eigenvalue weighted by Gasteiger charge is -2.19. The third-order valence-electron chi connectivity index (χ3n) is 3.57. The first-order chi connectivity index (χ1) is 11.3. The second-order valence-corrected chi connectivity index (χ2v) is 7.26.